The Morgan fingerprint density at radius 2 is 1.67 bits per heavy atom. The van der Waals surface area contributed by atoms with E-state index in [-0.39, 0.29) is 56.2 Å². The van der Waals surface area contributed by atoms with Gasteiger partial charge in [0.1, 0.15) is 12.1 Å². The van der Waals surface area contributed by atoms with Crippen molar-refractivity contribution in [1.29, 1.82) is 0 Å². The topological polar surface area (TPSA) is 183 Å². The highest BCUT2D eigenvalue weighted by Gasteiger charge is 2.47. The Balaban J connectivity index is 1.36. The van der Waals surface area contributed by atoms with Crippen molar-refractivity contribution in [2.45, 2.75) is 67.4 Å². The number of nitrogens with one attached hydrogen (secondary N) is 2. The lowest BCUT2D eigenvalue weighted by atomic mass is 9.83. The lowest BCUT2D eigenvalue weighted by Crippen LogP contribution is -2.51. The number of aromatic nitrogens is 1. The van der Waals surface area contributed by atoms with E-state index in [9.17, 15) is 36.3 Å². The Morgan fingerprint density at radius 1 is 1.02 bits per heavy atom. The van der Waals surface area contributed by atoms with Gasteiger partial charge in [-0.3, -0.25) is 19.5 Å². The summed E-state index contributed by atoms with van der Waals surface area (Å²) in [6.07, 6.45) is 5.44. The van der Waals surface area contributed by atoms with Gasteiger partial charge in [0.05, 0.1) is 25.4 Å². The Labute approximate surface area is 307 Å². The summed E-state index contributed by atoms with van der Waals surface area (Å²) in [6, 6.07) is 8.27. The number of hydrogen-bond acceptors (Lipinski definition) is 9. The van der Waals surface area contributed by atoms with E-state index in [0.717, 1.165) is 36.0 Å². The van der Waals surface area contributed by atoms with Gasteiger partial charge in [0, 0.05) is 49.9 Å². The number of piperidine rings is 1. The fourth-order valence-electron chi connectivity index (χ4n) is 6.58. The Morgan fingerprint density at radius 3 is 2.27 bits per heavy atom. The maximum atomic E-state index is 14.1. The van der Waals surface area contributed by atoms with Crippen LogP contribution in [0.2, 0.25) is 10.0 Å². The first-order valence-electron chi connectivity index (χ1n) is 16.1. The van der Waals surface area contributed by atoms with Crippen molar-refractivity contribution in [1.82, 2.24) is 19.5 Å². The molecule has 1 aromatic heterocycles. The number of anilines is 1. The molecule has 0 radical (unpaired) electrons. The van der Waals surface area contributed by atoms with Crippen LogP contribution in [0.25, 0.3) is 0 Å². The van der Waals surface area contributed by atoms with Gasteiger partial charge in [-0.2, -0.15) is 4.31 Å². The number of hydrogen-bond donors (Lipinski definition) is 3. The molecule has 0 saturated carbocycles. The number of nitrogens with zero attached hydrogens (tertiary/aromatic N) is 3. The van der Waals surface area contributed by atoms with Crippen molar-refractivity contribution in [2.24, 2.45) is 5.41 Å². The number of sulfonamides is 1. The summed E-state index contributed by atoms with van der Waals surface area (Å²) in [6.45, 7) is 5.65. The van der Waals surface area contributed by atoms with Gasteiger partial charge in [-0.1, -0.05) is 55.2 Å². The average molecular weight is 781 g/mol. The SMILES string of the molecule is CC1(C)CCCN([C@@H]2C[C@@H](C(=O)N[C@@H](Cc3ccc(NC(=O)c4c(Cl)cncc4Cl)cc3)C(=O)O)N(S(=O)(=O)c3cccc(S(C)(=O)=O)c3)C2)C1. The fourth-order valence-corrected chi connectivity index (χ4v) is 9.54. The molecule has 2 amide bonds. The van der Waals surface area contributed by atoms with Gasteiger partial charge >= 0.3 is 5.97 Å². The zero-order chi connectivity index (χ0) is 37.3. The molecule has 2 aliphatic rings. The van der Waals surface area contributed by atoms with Crippen molar-refractivity contribution in [3.8, 4) is 0 Å². The van der Waals surface area contributed by atoms with Crippen LogP contribution in [0.5, 0.6) is 0 Å². The standard InChI is InChI=1S/C34H39Cl2N5O8S2/c1-34(2)12-5-13-40(20-34)23-15-29(41(19-23)51(48,49)25-7-4-6-24(16-25)50(3,46)47)31(42)39-28(33(44)45)14-21-8-10-22(11-9-21)38-32(43)30-26(35)17-37-18-27(30)36/h4,6-11,16-18,23,28-29H,5,12-15,19-20H2,1-3H3,(H,38,43)(H,39,42)(H,44,45)/t23-,28+,29+/m1/s1. The molecule has 51 heavy (non-hydrogen) atoms. The highest BCUT2D eigenvalue weighted by atomic mass is 35.5. The van der Waals surface area contributed by atoms with E-state index < -0.39 is 49.7 Å². The largest absolute Gasteiger partial charge is 0.480 e. The molecule has 0 bridgehead atoms. The van der Waals surface area contributed by atoms with Crippen molar-refractivity contribution < 1.29 is 36.3 Å². The first-order valence-corrected chi connectivity index (χ1v) is 20.2. The zero-order valence-corrected chi connectivity index (χ0v) is 31.3. The summed E-state index contributed by atoms with van der Waals surface area (Å²) in [5.74, 6) is -2.68. The number of carbonyl (C=O) groups excluding carboxylic acids is 2. The number of amides is 2. The van der Waals surface area contributed by atoms with Gasteiger partial charge in [-0.25, -0.2) is 21.6 Å². The molecular formula is C34H39Cl2N5O8S2. The van der Waals surface area contributed by atoms with E-state index in [1.54, 1.807) is 24.3 Å². The minimum atomic E-state index is -4.39. The quantitative estimate of drug-likeness (QED) is 0.256. The average Bonchev–Trinajstić information content (AvgIpc) is 3.51. The molecule has 0 spiro atoms. The molecule has 13 nitrogen and oxygen atoms in total. The van der Waals surface area contributed by atoms with Crippen molar-refractivity contribution in [2.75, 3.05) is 31.2 Å². The number of carboxylic acids is 1. The maximum Gasteiger partial charge on any atom is 0.326 e. The van der Waals surface area contributed by atoms with Crippen molar-refractivity contribution >= 4 is 66.5 Å². The van der Waals surface area contributed by atoms with Crippen LogP contribution in [0.3, 0.4) is 0 Å². The van der Waals surface area contributed by atoms with Crippen LogP contribution in [-0.4, -0.2) is 97.9 Å². The van der Waals surface area contributed by atoms with E-state index in [2.05, 4.69) is 34.4 Å². The lowest BCUT2D eigenvalue weighted by Gasteiger charge is -2.41. The zero-order valence-electron chi connectivity index (χ0n) is 28.2. The van der Waals surface area contributed by atoms with Crippen LogP contribution in [0.15, 0.2) is 70.7 Å². The Kier molecular flexibility index (Phi) is 11.5. The number of pyridine rings is 1. The molecule has 3 atom stereocenters. The maximum absolute atomic E-state index is 14.1. The van der Waals surface area contributed by atoms with Crippen LogP contribution in [0.4, 0.5) is 5.69 Å². The van der Waals surface area contributed by atoms with Crippen LogP contribution < -0.4 is 10.6 Å². The third-order valence-electron chi connectivity index (χ3n) is 9.17. The summed E-state index contributed by atoms with van der Waals surface area (Å²) >= 11 is 12.2. The molecule has 2 aromatic carbocycles. The lowest BCUT2D eigenvalue weighted by molar-refractivity contribution is -0.142. The molecule has 2 fully saturated rings. The molecule has 17 heteroatoms. The van der Waals surface area contributed by atoms with E-state index in [1.165, 1.54) is 30.6 Å². The molecule has 3 aromatic rings. The number of benzene rings is 2. The molecular weight excluding hydrogens is 741 g/mol. The van der Waals surface area contributed by atoms with E-state index >= 15 is 0 Å². The van der Waals surface area contributed by atoms with Gasteiger partial charge in [0.2, 0.25) is 15.9 Å². The first-order chi connectivity index (χ1) is 23.9. The molecule has 0 unspecified atom stereocenters. The van der Waals surface area contributed by atoms with E-state index in [4.69, 9.17) is 23.2 Å². The predicted octanol–water partition coefficient (Wildman–Crippen LogP) is 4.11. The van der Waals surface area contributed by atoms with E-state index in [1.807, 2.05) is 0 Å². The number of aliphatic carboxylic acids is 1. The van der Waals surface area contributed by atoms with Gasteiger partial charge < -0.3 is 15.7 Å². The van der Waals surface area contributed by atoms with Gasteiger partial charge in [0.15, 0.2) is 9.84 Å². The minimum Gasteiger partial charge on any atom is -0.480 e. The molecule has 0 aliphatic carbocycles. The molecule has 3 N–H and O–H groups in total. The van der Waals surface area contributed by atoms with Crippen LogP contribution >= 0.6 is 23.2 Å². The van der Waals surface area contributed by atoms with Crippen LogP contribution in [0, 0.1) is 5.41 Å². The number of likely N-dealkylation sites (tertiary alicyclic amines) is 1. The summed E-state index contributed by atoms with van der Waals surface area (Å²) in [5.41, 5.74) is 0.922. The smallest absolute Gasteiger partial charge is 0.326 e. The number of rotatable bonds is 11. The highest BCUT2D eigenvalue weighted by Crippen LogP contribution is 2.35. The number of sulfone groups is 1. The normalized spacial score (nSPS) is 20.4. The van der Waals surface area contributed by atoms with Gasteiger partial charge in [0.25, 0.3) is 5.91 Å². The summed E-state index contributed by atoms with van der Waals surface area (Å²) < 4.78 is 53.8. The molecule has 2 aliphatic heterocycles. The monoisotopic (exact) mass is 779 g/mol. The Hall–Kier alpha value is -3.60. The van der Waals surface area contributed by atoms with Crippen molar-refractivity contribution in [3.05, 3.63) is 82.1 Å². The number of carbonyl (C=O) groups is 3. The molecule has 5 rings (SSSR count). The van der Waals surface area contributed by atoms with Crippen LogP contribution in [-0.2, 0) is 35.9 Å². The second-order valence-electron chi connectivity index (χ2n) is 13.7. The van der Waals surface area contributed by atoms with Gasteiger partial charge in [-0.05, 0) is 67.1 Å². The Bertz CT molecular complexity index is 2020. The predicted molar refractivity (Wildman–Crippen MR) is 192 cm³/mol. The summed E-state index contributed by atoms with van der Waals surface area (Å²) in [4.78, 5) is 44.6. The van der Waals surface area contributed by atoms with Gasteiger partial charge in [-0.15, -0.1) is 0 Å². The molecule has 2 saturated heterocycles. The number of carboxylic acid groups (broad SMARTS) is 1. The second-order valence-corrected chi connectivity index (χ2v) is 18.4. The molecule has 274 valence electrons. The highest BCUT2D eigenvalue weighted by molar-refractivity contribution is 7.91. The van der Waals surface area contributed by atoms with Crippen molar-refractivity contribution in [3.63, 3.8) is 0 Å². The minimum absolute atomic E-state index is 0.0159. The third-order valence-corrected chi connectivity index (χ3v) is 12.7. The van der Waals surface area contributed by atoms with Crippen LogP contribution in [0.1, 0.15) is 49.0 Å². The summed E-state index contributed by atoms with van der Waals surface area (Å²) in [7, 11) is -8.12. The summed E-state index contributed by atoms with van der Waals surface area (Å²) in [5, 5.41) is 15.5. The second kappa shape index (κ2) is 15.2. The third kappa shape index (κ3) is 9.07. The van der Waals surface area contributed by atoms with E-state index in [0.29, 0.717) is 17.8 Å². The fraction of sp³-hybridized carbons (Fsp3) is 0.412. The first kappa shape index (κ1) is 38.6. The number of halogens is 2. The molecule has 3 heterocycles.